The van der Waals surface area contributed by atoms with Gasteiger partial charge in [0.2, 0.25) is 0 Å². The number of para-hydroxylation sites is 1. The highest BCUT2D eigenvalue weighted by molar-refractivity contribution is 5.38. The highest BCUT2D eigenvalue weighted by atomic mass is 16.5. The van der Waals surface area contributed by atoms with E-state index in [1.807, 2.05) is 12.3 Å². The van der Waals surface area contributed by atoms with Gasteiger partial charge in [-0.1, -0.05) is 48.5 Å². The lowest BCUT2D eigenvalue weighted by molar-refractivity contribution is 0.0611. The van der Waals surface area contributed by atoms with Crippen molar-refractivity contribution in [3.8, 4) is 17.4 Å². The van der Waals surface area contributed by atoms with Crippen LogP contribution in [0.25, 0.3) is 0 Å². The monoisotopic (exact) mass is 461 g/mol. The fraction of sp³-hybridized carbons (Fsp3) is 0.393. The van der Waals surface area contributed by atoms with E-state index in [9.17, 15) is 0 Å². The quantitative estimate of drug-likeness (QED) is 0.450. The summed E-state index contributed by atoms with van der Waals surface area (Å²) in [5.74, 6) is 2.14. The van der Waals surface area contributed by atoms with Crippen molar-refractivity contribution in [3.63, 3.8) is 0 Å². The Hall–Kier alpha value is -3.09. The minimum atomic E-state index is 0.126. The summed E-state index contributed by atoms with van der Waals surface area (Å²) in [6.07, 6.45) is 2.00. The SMILES string of the molecule is COc1cc(CN2CCN(Cc3ccccc3)[C@@H](c3ccccc3OC(C)C)C2)cnc1OC. The molecule has 0 unspecified atom stereocenters. The molecule has 0 radical (unpaired) electrons. The molecule has 2 heterocycles. The number of piperazine rings is 1. The average Bonchev–Trinajstić information content (AvgIpc) is 2.85. The largest absolute Gasteiger partial charge is 0.491 e. The summed E-state index contributed by atoms with van der Waals surface area (Å²) in [5.41, 5.74) is 3.68. The van der Waals surface area contributed by atoms with Crippen molar-refractivity contribution in [3.05, 3.63) is 83.6 Å². The summed E-state index contributed by atoms with van der Waals surface area (Å²) < 4.78 is 17.0. The first-order chi connectivity index (χ1) is 16.6. The molecule has 0 amide bonds. The van der Waals surface area contributed by atoms with Crippen LogP contribution in [0, 0.1) is 0 Å². The van der Waals surface area contributed by atoms with E-state index in [2.05, 4.69) is 83.2 Å². The molecule has 0 spiro atoms. The van der Waals surface area contributed by atoms with Crippen LogP contribution in [0.3, 0.4) is 0 Å². The third-order valence-electron chi connectivity index (χ3n) is 6.14. The van der Waals surface area contributed by atoms with E-state index in [1.165, 1.54) is 11.1 Å². The molecule has 180 valence electrons. The minimum Gasteiger partial charge on any atom is -0.491 e. The van der Waals surface area contributed by atoms with Crippen molar-refractivity contribution in [1.82, 2.24) is 14.8 Å². The Balaban J connectivity index is 1.59. The molecule has 0 bridgehead atoms. The molecule has 4 rings (SSSR count). The van der Waals surface area contributed by atoms with Gasteiger partial charge in [-0.25, -0.2) is 4.98 Å². The Labute approximate surface area is 203 Å². The molecule has 34 heavy (non-hydrogen) atoms. The lowest BCUT2D eigenvalue weighted by Crippen LogP contribution is -2.47. The lowest BCUT2D eigenvalue weighted by atomic mass is 9.99. The van der Waals surface area contributed by atoms with Crippen LogP contribution in [0.5, 0.6) is 17.4 Å². The highest BCUT2D eigenvalue weighted by Gasteiger charge is 2.30. The van der Waals surface area contributed by atoms with Crippen LogP contribution in [0.15, 0.2) is 66.9 Å². The molecule has 6 heteroatoms. The number of rotatable bonds is 9. The van der Waals surface area contributed by atoms with Crippen molar-refractivity contribution in [2.45, 2.75) is 39.1 Å². The third kappa shape index (κ3) is 5.88. The molecule has 6 nitrogen and oxygen atoms in total. The van der Waals surface area contributed by atoms with Gasteiger partial charge in [0.15, 0.2) is 5.75 Å². The van der Waals surface area contributed by atoms with Gasteiger partial charge in [0, 0.05) is 44.5 Å². The molecule has 2 aromatic carbocycles. The first-order valence-corrected chi connectivity index (χ1v) is 11.9. The van der Waals surface area contributed by atoms with Crippen LogP contribution in [-0.4, -0.2) is 54.7 Å². The van der Waals surface area contributed by atoms with E-state index in [1.54, 1.807) is 14.2 Å². The summed E-state index contributed by atoms with van der Waals surface area (Å²) in [6, 6.07) is 21.4. The number of methoxy groups -OCH3 is 2. The Kier molecular flexibility index (Phi) is 8.03. The van der Waals surface area contributed by atoms with Crippen LogP contribution in [-0.2, 0) is 13.1 Å². The Morgan fingerprint density at radius 1 is 0.882 bits per heavy atom. The van der Waals surface area contributed by atoms with Gasteiger partial charge < -0.3 is 14.2 Å². The van der Waals surface area contributed by atoms with E-state index in [4.69, 9.17) is 14.2 Å². The fourth-order valence-electron chi connectivity index (χ4n) is 4.56. The van der Waals surface area contributed by atoms with Gasteiger partial charge >= 0.3 is 0 Å². The molecule has 0 N–H and O–H groups in total. The molecule has 1 aromatic heterocycles. The molecule has 1 fully saturated rings. The minimum absolute atomic E-state index is 0.126. The molecule has 0 aliphatic carbocycles. The van der Waals surface area contributed by atoms with E-state index in [0.717, 1.165) is 44.0 Å². The van der Waals surface area contributed by atoms with Gasteiger partial charge in [-0.05, 0) is 37.1 Å². The molecular formula is C28H35N3O3. The standard InChI is InChI=1S/C28H35N3O3/c1-21(2)34-26-13-9-8-12-24(26)25-20-30(14-15-31(25)19-22-10-6-5-7-11-22)18-23-16-27(32-3)28(33-4)29-17-23/h5-13,16-17,21,25H,14-15,18-20H2,1-4H3/t25-/m1/s1. The van der Waals surface area contributed by atoms with E-state index in [0.29, 0.717) is 11.6 Å². The predicted octanol–water partition coefficient (Wildman–Crippen LogP) is 4.95. The predicted molar refractivity (Wildman–Crippen MR) is 134 cm³/mol. The maximum absolute atomic E-state index is 6.22. The number of hydrogen-bond donors (Lipinski definition) is 0. The second-order valence-corrected chi connectivity index (χ2v) is 8.97. The first-order valence-electron chi connectivity index (χ1n) is 11.9. The number of aromatic nitrogens is 1. The van der Waals surface area contributed by atoms with E-state index >= 15 is 0 Å². The van der Waals surface area contributed by atoms with Gasteiger partial charge in [-0.15, -0.1) is 0 Å². The van der Waals surface area contributed by atoms with Crippen LogP contribution < -0.4 is 14.2 Å². The average molecular weight is 462 g/mol. The number of hydrogen-bond acceptors (Lipinski definition) is 6. The highest BCUT2D eigenvalue weighted by Crippen LogP contribution is 2.34. The molecule has 1 saturated heterocycles. The maximum Gasteiger partial charge on any atom is 0.256 e. The lowest BCUT2D eigenvalue weighted by Gasteiger charge is -2.42. The van der Waals surface area contributed by atoms with Gasteiger partial charge in [-0.2, -0.15) is 0 Å². The topological polar surface area (TPSA) is 47.1 Å². The summed E-state index contributed by atoms with van der Waals surface area (Å²) in [5, 5.41) is 0. The van der Waals surface area contributed by atoms with Crippen molar-refractivity contribution < 1.29 is 14.2 Å². The summed E-state index contributed by atoms with van der Waals surface area (Å²) in [4.78, 5) is 9.48. The number of ether oxygens (including phenoxy) is 3. The molecule has 1 aliphatic heterocycles. The molecule has 1 aliphatic rings. The van der Waals surface area contributed by atoms with Crippen LogP contribution >= 0.6 is 0 Å². The normalized spacial score (nSPS) is 17.0. The molecule has 3 aromatic rings. The van der Waals surface area contributed by atoms with Gasteiger partial charge in [0.1, 0.15) is 5.75 Å². The van der Waals surface area contributed by atoms with Gasteiger partial charge in [0.25, 0.3) is 5.88 Å². The summed E-state index contributed by atoms with van der Waals surface area (Å²) >= 11 is 0. The van der Waals surface area contributed by atoms with E-state index < -0.39 is 0 Å². The van der Waals surface area contributed by atoms with Crippen molar-refractivity contribution in [2.75, 3.05) is 33.9 Å². The first kappa shape index (κ1) is 24.0. The molecule has 1 atom stereocenters. The smallest absolute Gasteiger partial charge is 0.256 e. The number of nitrogens with zero attached hydrogens (tertiary/aromatic N) is 3. The van der Waals surface area contributed by atoms with Crippen molar-refractivity contribution >= 4 is 0 Å². The van der Waals surface area contributed by atoms with Gasteiger partial charge in [-0.3, -0.25) is 9.80 Å². The maximum atomic E-state index is 6.22. The third-order valence-corrected chi connectivity index (χ3v) is 6.14. The Morgan fingerprint density at radius 3 is 2.38 bits per heavy atom. The molecular weight excluding hydrogens is 426 g/mol. The summed E-state index contributed by atoms with van der Waals surface area (Å²) in [6.45, 7) is 8.72. The summed E-state index contributed by atoms with van der Waals surface area (Å²) in [7, 11) is 3.26. The molecule has 0 saturated carbocycles. The second kappa shape index (κ2) is 11.4. The van der Waals surface area contributed by atoms with Gasteiger partial charge in [0.05, 0.1) is 26.4 Å². The van der Waals surface area contributed by atoms with E-state index in [-0.39, 0.29) is 12.1 Å². The van der Waals surface area contributed by atoms with Crippen molar-refractivity contribution in [2.24, 2.45) is 0 Å². The zero-order chi connectivity index (χ0) is 23.9. The second-order valence-electron chi connectivity index (χ2n) is 8.97. The Morgan fingerprint density at radius 2 is 1.65 bits per heavy atom. The van der Waals surface area contributed by atoms with Crippen LogP contribution in [0.2, 0.25) is 0 Å². The zero-order valence-corrected chi connectivity index (χ0v) is 20.6. The zero-order valence-electron chi connectivity index (χ0n) is 20.6. The van der Waals surface area contributed by atoms with Crippen LogP contribution in [0.4, 0.5) is 0 Å². The van der Waals surface area contributed by atoms with Crippen molar-refractivity contribution in [1.29, 1.82) is 0 Å². The number of pyridine rings is 1. The Bertz CT molecular complexity index is 1060. The van der Waals surface area contributed by atoms with Crippen LogP contribution in [0.1, 0.15) is 36.6 Å². The fourth-order valence-corrected chi connectivity index (χ4v) is 4.56. The number of benzene rings is 2.